The highest BCUT2D eigenvalue weighted by Crippen LogP contribution is 2.39. The first-order valence-corrected chi connectivity index (χ1v) is 18.2. The van der Waals surface area contributed by atoms with Gasteiger partial charge in [-0.05, 0) is 93.1 Å². The Labute approximate surface area is 309 Å². The maximum atomic E-state index is 12.9. The van der Waals surface area contributed by atoms with Gasteiger partial charge in [0.05, 0.1) is 38.2 Å². The predicted molar refractivity (Wildman–Crippen MR) is 198 cm³/mol. The SMILES string of the molecule is CCOC(=O)CC(c1ccc(C)c(CN2CCOc3cc(OCCOCCNC(=O)OC(C)(C)C)ccc3S2)c1)c1cc(OC)c2c(c1)nnn2C. The predicted octanol–water partition coefficient (Wildman–Crippen LogP) is 6.19. The lowest BCUT2D eigenvalue weighted by molar-refractivity contribution is -0.143. The molecule has 0 saturated heterocycles. The van der Waals surface area contributed by atoms with E-state index < -0.39 is 11.7 Å². The average Bonchev–Trinajstić information content (AvgIpc) is 3.35. The number of hydrogen-bond donors (Lipinski definition) is 1. The van der Waals surface area contributed by atoms with Crippen molar-refractivity contribution < 1.29 is 38.0 Å². The highest BCUT2D eigenvalue weighted by Gasteiger charge is 2.24. The summed E-state index contributed by atoms with van der Waals surface area (Å²) in [4.78, 5) is 25.6. The number of nitrogens with one attached hydrogen (secondary N) is 1. The summed E-state index contributed by atoms with van der Waals surface area (Å²) in [5.74, 6) is 1.55. The minimum Gasteiger partial charge on any atom is -0.494 e. The van der Waals surface area contributed by atoms with Crippen LogP contribution in [0.25, 0.3) is 11.0 Å². The molecule has 1 unspecified atom stereocenters. The highest BCUT2D eigenvalue weighted by atomic mass is 32.2. The average molecular weight is 736 g/mol. The summed E-state index contributed by atoms with van der Waals surface area (Å²) >= 11 is 1.64. The molecular weight excluding hydrogens is 687 g/mol. The molecule has 1 atom stereocenters. The standard InChI is InChI=1S/C38H49N5O8S/c1-8-48-35(44)23-30(27-20-31-36(33(21-27)46-7)42(6)41-40-31)26-10-9-25(2)28(19-26)24-43-14-16-50-32-22-29(11-12-34(32)52-43)49-18-17-47-15-13-39-37(45)51-38(3,4)5/h9-12,19-22,30H,8,13-18,23-24H2,1-7H3,(H,39,45). The molecule has 0 spiro atoms. The van der Waals surface area contributed by atoms with Gasteiger partial charge in [0.15, 0.2) is 0 Å². The fourth-order valence-electron chi connectivity index (χ4n) is 5.80. The summed E-state index contributed by atoms with van der Waals surface area (Å²) in [5.41, 5.74) is 5.15. The van der Waals surface area contributed by atoms with Crippen molar-refractivity contribution in [3.63, 3.8) is 0 Å². The molecule has 1 aromatic heterocycles. The highest BCUT2D eigenvalue weighted by molar-refractivity contribution is 7.97. The van der Waals surface area contributed by atoms with E-state index in [2.05, 4.69) is 45.1 Å². The molecule has 5 rings (SSSR count). The first-order chi connectivity index (χ1) is 24.9. The van der Waals surface area contributed by atoms with Crippen molar-refractivity contribution in [2.75, 3.05) is 53.2 Å². The van der Waals surface area contributed by atoms with E-state index in [9.17, 15) is 9.59 Å². The molecule has 0 fully saturated rings. The van der Waals surface area contributed by atoms with Gasteiger partial charge in [-0.15, -0.1) is 5.10 Å². The van der Waals surface area contributed by atoms with E-state index in [4.69, 9.17) is 28.4 Å². The maximum absolute atomic E-state index is 12.9. The Hall–Kier alpha value is -4.53. The monoisotopic (exact) mass is 735 g/mol. The summed E-state index contributed by atoms with van der Waals surface area (Å²) in [6, 6.07) is 16.2. The Bertz CT molecular complexity index is 1840. The molecule has 3 aromatic carbocycles. The first-order valence-electron chi connectivity index (χ1n) is 17.4. The number of nitrogens with zero attached hydrogens (tertiary/aromatic N) is 4. The van der Waals surface area contributed by atoms with Gasteiger partial charge >= 0.3 is 12.1 Å². The van der Waals surface area contributed by atoms with Crippen LogP contribution in [0.4, 0.5) is 4.79 Å². The molecule has 52 heavy (non-hydrogen) atoms. The van der Waals surface area contributed by atoms with Gasteiger partial charge in [-0.3, -0.25) is 4.79 Å². The van der Waals surface area contributed by atoms with Crippen LogP contribution in [-0.4, -0.2) is 90.2 Å². The van der Waals surface area contributed by atoms with Crippen LogP contribution in [0.5, 0.6) is 17.2 Å². The Morgan fingerprint density at radius 1 is 1.06 bits per heavy atom. The summed E-state index contributed by atoms with van der Waals surface area (Å²) < 4.78 is 37.9. The van der Waals surface area contributed by atoms with E-state index >= 15 is 0 Å². The molecule has 2 heterocycles. The van der Waals surface area contributed by atoms with Crippen LogP contribution in [0.3, 0.4) is 0 Å². The molecule has 13 nitrogen and oxygen atoms in total. The Morgan fingerprint density at radius 3 is 2.65 bits per heavy atom. The van der Waals surface area contributed by atoms with Gasteiger partial charge < -0.3 is 33.7 Å². The number of hydrogen-bond acceptors (Lipinski definition) is 12. The number of carbonyl (C=O) groups excluding carboxylic acids is 2. The Balaban J connectivity index is 1.22. The lowest BCUT2D eigenvalue weighted by Gasteiger charge is -2.23. The smallest absolute Gasteiger partial charge is 0.407 e. The number of alkyl carbamates (subject to hydrolysis) is 1. The van der Waals surface area contributed by atoms with Crippen molar-refractivity contribution in [2.24, 2.45) is 7.05 Å². The van der Waals surface area contributed by atoms with Crippen LogP contribution >= 0.6 is 11.9 Å². The number of amides is 1. The summed E-state index contributed by atoms with van der Waals surface area (Å²) in [6.45, 7) is 13.0. The molecule has 1 N–H and O–H groups in total. The molecule has 280 valence electrons. The van der Waals surface area contributed by atoms with E-state index in [0.717, 1.165) is 38.4 Å². The fraction of sp³-hybridized carbons (Fsp3) is 0.474. The van der Waals surface area contributed by atoms with Crippen molar-refractivity contribution in [2.45, 2.75) is 64.0 Å². The Morgan fingerprint density at radius 2 is 1.88 bits per heavy atom. The van der Waals surface area contributed by atoms with Crippen molar-refractivity contribution in [3.05, 3.63) is 70.8 Å². The molecule has 14 heteroatoms. The van der Waals surface area contributed by atoms with Crippen LogP contribution in [0.15, 0.2) is 53.4 Å². The topological polar surface area (TPSA) is 136 Å². The van der Waals surface area contributed by atoms with E-state index in [1.807, 2.05) is 65.1 Å². The zero-order valence-corrected chi connectivity index (χ0v) is 31.8. The van der Waals surface area contributed by atoms with Crippen LogP contribution in [-0.2, 0) is 32.6 Å². The second-order valence-corrected chi connectivity index (χ2v) is 14.5. The zero-order chi connectivity index (χ0) is 37.3. The molecule has 1 aliphatic heterocycles. The number of benzene rings is 3. The van der Waals surface area contributed by atoms with Gasteiger partial charge in [0.2, 0.25) is 0 Å². The van der Waals surface area contributed by atoms with Gasteiger partial charge in [-0.25, -0.2) is 13.8 Å². The van der Waals surface area contributed by atoms with Crippen molar-refractivity contribution >= 4 is 35.0 Å². The maximum Gasteiger partial charge on any atom is 0.407 e. The largest absolute Gasteiger partial charge is 0.494 e. The molecular formula is C38H49N5O8S. The molecule has 1 aliphatic rings. The number of aryl methyl sites for hydroxylation is 2. The minimum atomic E-state index is -0.540. The van der Waals surface area contributed by atoms with Gasteiger partial charge in [0, 0.05) is 38.7 Å². The van der Waals surface area contributed by atoms with E-state index in [1.165, 1.54) is 0 Å². The molecule has 1 amide bonds. The fourth-order valence-corrected chi connectivity index (χ4v) is 6.78. The van der Waals surface area contributed by atoms with Crippen LogP contribution in [0.2, 0.25) is 0 Å². The number of ether oxygens (including phenoxy) is 6. The second kappa shape index (κ2) is 17.8. The third-order valence-electron chi connectivity index (χ3n) is 8.26. The van der Waals surface area contributed by atoms with E-state index in [-0.39, 0.29) is 18.3 Å². The third kappa shape index (κ3) is 10.5. The first kappa shape index (κ1) is 38.7. The number of rotatable bonds is 15. The lowest BCUT2D eigenvalue weighted by atomic mass is 9.86. The second-order valence-electron chi connectivity index (χ2n) is 13.4. The van der Waals surface area contributed by atoms with Crippen LogP contribution in [0.1, 0.15) is 62.3 Å². The molecule has 0 radical (unpaired) electrons. The number of methoxy groups -OCH3 is 1. The number of carbonyl (C=O) groups is 2. The summed E-state index contributed by atoms with van der Waals surface area (Å²) in [5, 5.41) is 11.2. The molecule has 0 saturated carbocycles. The Kier molecular flexibility index (Phi) is 13.2. The van der Waals surface area contributed by atoms with Crippen molar-refractivity contribution in [3.8, 4) is 17.2 Å². The minimum absolute atomic E-state index is 0.173. The third-order valence-corrected chi connectivity index (χ3v) is 9.36. The molecule has 0 bridgehead atoms. The summed E-state index contributed by atoms with van der Waals surface area (Å²) in [7, 11) is 3.45. The molecule has 0 aliphatic carbocycles. The van der Waals surface area contributed by atoms with Crippen LogP contribution < -0.4 is 19.5 Å². The van der Waals surface area contributed by atoms with Gasteiger partial charge in [0.1, 0.15) is 47.1 Å². The quantitative estimate of drug-likeness (QED) is 0.0847. The molecule has 4 aromatic rings. The summed E-state index contributed by atoms with van der Waals surface area (Å²) in [6.07, 6.45) is -0.293. The van der Waals surface area contributed by atoms with Crippen molar-refractivity contribution in [1.82, 2.24) is 24.6 Å². The van der Waals surface area contributed by atoms with Crippen LogP contribution in [0, 0.1) is 6.92 Å². The number of esters is 1. The van der Waals surface area contributed by atoms with Gasteiger partial charge in [0.25, 0.3) is 0 Å². The van der Waals surface area contributed by atoms with E-state index in [0.29, 0.717) is 69.7 Å². The number of fused-ring (bicyclic) bond motifs is 2. The van der Waals surface area contributed by atoms with Crippen molar-refractivity contribution in [1.29, 1.82) is 0 Å². The van der Waals surface area contributed by atoms with E-state index in [1.54, 1.807) is 23.7 Å². The normalized spacial score (nSPS) is 13.8. The number of aromatic nitrogens is 3. The van der Waals surface area contributed by atoms with Gasteiger partial charge in [-0.1, -0.05) is 23.4 Å². The lowest BCUT2D eigenvalue weighted by Crippen LogP contribution is -2.34. The van der Waals surface area contributed by atoms with Gasteiger partial charge in [-0.2, -0.15) is 0 Å². The zero-order valence-electron chi connectivity index (χ0n) is 31.0.